The van der Waals surface area contributed by atoms with Gasteiger partial charge in [-0.1, -0.05) is 135 Å². The maximum absolute atomic E-state index is 5.24. The Morgan fingerprint density at radius 2 is 1.14 bits per heavy atom. The number of rotatable bonds is 4. The molecule has 0 aliphatic heterocycles. The lowest BCUT2D eigenvalue weighted by atomic mass is 9.82. The molecule has 6 heteroatoms. The molecule has 0 unspecified atom stereocenters. The number of hydrogen-bond acceptors (Lipinski definition) is 5. The van der Waals surface area contributed by atoms with Crippen LogP contribution in [0.2, 0.25) is 0 Å². The molecule has 9 aromatic rings. The van der Waals surface area contributed by atoms with Crippen LogP contribution in [-0.4, -0.2) is 29.9 Å². The van der Waals surface area contributed by atoms with E-state index in [1.54, 1.807) is 4.80 Å². The molecule has 0 fully saturated rings. The van der Waals surface area contributed by atoms with Crippen LogP contribution in [0.25, 0.3) is 83.6 Å². The van der Waals surface area contributed by atoms with Gasteiger partial charge in [0.2, 0.25) is 0 Å². The molecule has 6 nitrogen and oxygen atoms in total. The summed E-state index contributed by atoms with van der Waals surface area (Å²) in [6.07, 6.45) is 0. The summed E-state index contributed by atoms with van der Waals surface area (Å²) in [7, 11) is 0. The molecule has 236 valence electrons. The van der Waals surface area contributed by atoms with Crippen LogP contribution in [0.3, 0.4) is 0 Å². The van der Waals surface area contributed by atoms with Crippen molar-refractivity contribution >= 4 is 32.6 Å². The topological polar surface area (TPSA) is 69.4 Å². The molecule has 0 radical (unpaired) electrons. The zero-order chi connectivity index (χ0) is 33.4. The van der Waals surface area contributed by atoms with E-state index in [1.807, 2.05) is 54.6 Å². The maximum Gasteiger partial charge on any atom is 0.164 e. The van der Waals surface area contributed by atoms with Crippen LogP contribution in [0.1, 0.15) is 25.0 Å². The Hall–Kier alpha value is -6.53. The highest BCUT2D eigenvalue weighted by Crippen LogP contribution is 2.51. The van der Waals surface area contributed by atoms with E-state index in [0.717, 1.165) is 55.0 Å². The van der Waals surface area contributed by atoms with Crippen molar-refractivity contribution in [3.63, 3.8) is 0 Å². The molecule has 0 amide bonds. The summed E-state index contributed by atoms with van der Waals surface area (Å²) in [5.74, 6) is 1.92. The molecule has 0 N–H and O–H groups in total. The minimum Gasteiger partial charge on any atom is -0.208 e. The van der Waals surface area contributed by atoms with Crippen LogP contribution in [0, 0.1) is 0 Å². The predicted octanol–water partition coefficient (Wildman–Crippen LogP) is 10.2. The van der Waals surface area contributed by atoms with Crippen molar-refractivity contribution in [3.05, 3.63) is 157 Å². The molecule has 50 heavy (non-hydrogen) atoms. The summed E-state index contributed by atoms with van der Waals surface area (Å²) in [5, 5.41) is 14.2. The zero-order valence-electron chi connectivity index (χ0n) is 27.5. The Morgan fingerprint density at radius 3 is 1.98 bits per heavy atom. The molecule has 1 aliphatic rings. The van der Waals surface area contributed by atoms with Crippen molar-refractivity contribution in [1.29, 1.82) is 0 Å². The van der Waals surface area contributed by atoms with Gasteiger partial charge in [-0.05, 0) is 62.7 Å². The van der Waals surface area contributed by atoms with Crippen molar-refractivity contribution in [2.75, 3.05) is 0 Å². The standard InChI is InChI=1S/C44H30N6/c1-44(2)35-18-10-9-16-32(35)39-33(17-11-19-36(39)44)43-46-41(29-12-5-3-6-13-29)45-42(47-43)30-23-21-27-20-22-28-24-25-37-40(38(28)34(27)26-30)49-50(48-37)31-14-7-4-8-15-31/h3-26H,1-2H3. The fourth-order valence-corrected chi connectivity index (χ4v) is 7.62. The van der Waals surface area contributed by atoms with Gasteiger partial charge in [0.15, 0.2) is 17.5 Å². The van der Waals surface area contributed by atoms with Crippen LogP contribution in [0.4, 0.5) is 0 Å². The predicted molar refractivity (Wildman–Crippen MR) is 201 cm³/mol. The summed E-state index contributed by atoms with van der Waals surface area (Å²) >= 11 is 0. The zero-order valence-corrected chi connectivity index (χ0v) is 27.5. The lowest BCUT2D eigenvalue weighted by Gasteiger charge is -2.21. The number of aromatic nitrogens is 6. The van der Waals surface area contributed by atoms with Gasteiger partial charge in [-0.2, -0.15) is 4.80 Å². The van der Waals surface area contributed by atoms with Gasteiger partial charge >= 0.3 is 0 Å². The van der Waals surface area contributed by atoms with E-state index in [2.05, 4.69) is 105 Å². The Labute approximate surface area is 288 Å². The normalized spacial score (nSPS) is 13.2. The minimum absolute atomic E-state index is 0.132. The lowest BCUT2D eigenvalue weighted by Crippen LogP contribution is -2.14. The van der Waals surface area contributed by atoms with Crippen molar-refractivity contribution in [2.24, 2.45) is 0 Å². The molecule has 0 spiro atoms. The van der Waals surface area contributed by atoms with Gasteiger partial charge in [0.1, 0.15) is 11.0 Å². The molecule has 10 rings (SSSR count). The van der Waals surface area contributed by atoms with Crippen LogP contribution in [0.5, 0.6) is 0 Å². The summed E-state index contributed by atoms with van der Waals surface area (Å²) in [6.45, 7) is 4.59. The van der Waals surface area contributed by atoms with E-state index < -0.39 is 0 Å². The average Bonchev–Trinajstić information content (AvgIpc) is 3.72. The van der Waals surface area contributed by atoms with E-state index >= 15 is 0 Å². The van der Waals surface area contributed by atoms with Crippen molar-refractivity contribution in [2.45, 2.75) is 19.3 Å². The largest absolute Gasteiger partial charge is 0.208 e. The van der Waals surface area contributed by atoms with Crippen molar-refractivity contribution in [3.8, 4) is 51.0 Å². The number of nitrogens with zero attached hydrogens (tertiary/aromatic N) is 6. The molecule has 2 heterocycles. The molecular weight excluding hydrogens is 613 g/mol. The smallest absolute Gasteiger partial charge is 0.164 e. The van der Waals surface area contributed by atoms with Crippen LogP contribution < -0.4 is 0 Å². The Kier molecular flexibility index (Phi) is 6.12. The van der Waals surface area contributed by atoms with Gasteiger partial charge in [-0.15, -0.1) is 10.2 Å². The van der Waals surface area contributed by atoms with Gasteiger partial charge in [0.25, 0.3) is 0 Å². The first-order valence-corrected chi connectivity index (χ1v) is 16.9. The molecule has 2 aromatic heterocycles. The summed E-state index contributed by atoms with van der Waals surface area (Å²) in [6, 6.07) is 50.3. The molecule has 1 aliphatic carbocycles. The second-order valence-electron chi connectivity index (χ2n) is 13.4. The van der Waals surface area contributed by atoms with E-state index in [4.69, 9.17) is 25.1 Å². The molecule has 0 saturated carbocycles. The second kappa shape index (κ2) is 10.7. The first-order chi connectivity index (χ1) is 24.5. The fraction of sp³-hybridized carbons (Fsp3) is 0.0682. The summed E-state index contributed by atoms with van der Waals surface area (Å²) < 4.78 is 0. The number of benzene rings is 7. The van der Waals surface area contributed by atoms with Crippen LogP contribution in [0.15, 0.2) is 146 Å². The maximum atomic E-state index is 5.24. The lowest BCUT2D eigenvalue weighted by molar-refractivity contribution is 0.660. The van der Waals surface area contributed by atoms with E-state index in [-0.39, 0.29) is 5.41 Å². The Bertz CT molecular complexity index is 2780. The molecule has 0 atom stereocenters. The number of para-hydroxylation sites is 1. The third kappa shape index (κ3) is 4.31. The molecule has 0 saturated heterocycles. The van der Waals surface area contributed by atoms with E-state index in [0.29, 0.717) is 17.5 Å². The van der Waals surface area contributed by atoms with Gasteiger partial charge < -0.3 is 0 Å². The summed E-state index contributed by atoms with van der Waals surface area (Å²) in [4.78, 5) is 17.2. The average molecular weight is 643 g/mol. The third-order valence-electron chi connectivity index (χ3n) is 10.1. The Morgan fingerprint density at radius 1 is 0.500 bits per heavy atom. The highest BCUT2D eigenvalue weighted by Gasteiger charge is 2.37. The highest BCUT2D eigenvalue weighted by atomic mass is 15.5. The van der Waals surface area contributed by atoms with Crippen molar-refractivity contribution < 1.29 is 0 Å². The number of hydrogen-bond donors (Lipinski definition) is 0. The van der Waals surface area contributed by atoms with Crippen LogP contribution >= 0.6 is 0 Å². The quantitative estimate of drug-likeness (QED) is 0.179. The highest BCUT2D eigenvalue weighted by molar-refractivity contribution is 6.18. The first-order valence-electron chi connectivity index (χ1n) is 16.9. The van der Waals surface area contributed by atoms with Gasteiger partial charge in [-0.25, -0.2) is 15.0 Å². The summed E-state index contributed by atoms with van der Waals surface area (Å²) in [5.41, 5.74) is 10.4. The number of fused-ring (bicyclic) bond motifs is 8. The minimum atomic E-state index is -0.132. The van der Waals surface area contributed by atoms with E-state index in [9.17, 15) is 0 Å². The van der Waals surface area contributed by atoms with Crippen molar-refractivity contribution in [1.82, 2.24) is 29.9 Å². The first kappa shape index (κ1) is 28.5. The van der Waals surface area contributed by atoms with Crippen LogP contribution in [-0.2, 0) is 5.41 Å². The second-order valence-corrected chi connectivity index (χ2v) is 13.4. The monoisotopic (exact) mass is 642 g/mol. The van der Waals surface area contributed by atoms with Gasteiger partial charge in [-0.3, -0.25) is 0 Å². The van der Waals surface area contributed by atoms with E-state index in [1.165, 1.54) is 22.3 Å². The molecule has 0 bridgehead atoms. The SMILES string of the molecule is CC1(C)c2ccccc2-c2c(-c3nc(-c4ccccc4)nc(-c4ccc5ccc6ccc7nn(-c8ccccc8)nc7c6c5c4)n3)cccc21. The Balaban J connectivity index is 1.21. The molecular formula is C44H30N6. The third-order valence-corrected chi connectivity index (χ3v) is 10.1. The molecule has 7 aromatic carbocycles. The van der Waals surface area contributed by atoms with Gasteiger partial charge in [0, 0.05) is 27.5 Å². The van der Waals surface area contributed by atoms with Gasteiger partial charge in [0.05, 0.1) is 5.69 Å². The fourth-order valence-electron chi connectivity index (χ4n) is 7.62.